The maximum absolute atomic E-state index is 12.7. The molecule has 33 heavy (non-hydrogen) atoms. The molecule has 1 aromatic rings. The van der Waals surface area contributed by atoms with Gasteiger partial charge in [-0.2, -0.15) is 0 Å². The van der Waals surface area contributed by atoms with E-state index in [1.165, 1.54) is 12.8 Å². The smallest absolute Gasteiger partial charge is 0.225 e. The molecule has 2 amide bonds. The van der Waals surface area contributed by atoms with Gasteiger partial charge in [-0.1, -0.05) is 37.1 Å². The fourth-order valence-corrected chi connectivity index (χ4v) is 5.11. The standard InChI is InChI=1S/C25H37N5O2.HI/c1-2-26-25(28-22-12-14-30(18-22)24(32)21-9-3-4-10-21)27-16-19-7-5-8-20(15-19)17-29-13-6-11-23(29)31;/h5,7-8,15,21-22H,2-4,6,9-14,16-18H2,1H3,(H2,26,27,28);1H. The Hall–Kier alpha value is -1.84. The number of benzene rings is 1. The fraction of sp³-hybridized carbons (Fsp3) is 0.640. The molecule has 1 atom stereocenters. The van der Waals surface area contributed by atoms with Crippen molar-refractivity contribution < 1.29 is 9.59 Å². The zero-order valence-corrected chi connectivity index (χ0v) is 22.1. The molecule has 1 aromatic carbocycles. The highest BCUT2D eigenvalue weighted by Crippen LogP contribution is 2.27. The second kappa shape index (κ2) is 12.6. The summed E-state index contributed by atoms with van der Waals surface area (Å²) < 4.78 is 0. The van der Waals surface area contributed by atoms with Gasteiger partial charge >= 0.3 is 0 Å². The summed E-state index contributed by atoms with van der Waals surface area (Å²) >= 11 is 0. The average molecular weight is 568 g/mol. The van der Waals surface area contributed by atoms with Crippen LogP contribution in [0.5, 0.6) is 0 Å². The lowest BCUT2D eigenvalue weighted by Crippen LogP contribution is -2.45. The van der Waals surface area contributed by atoms with E-state index in [0.29, 0.717) is 25.4 Å². The highest BCUT2D eigenvalue weighted by molar-refractivity contribution is 14.0. The Kier molecular flexibility index (Phi) is 9.82. The fourth-order valence-electron chi connectivity index (χ4n) is 5.11. The summed E-state index contributed by atoms with van der Waals surface area (Å²) in [5.41, 5.74) is 2.29. The predicted octanol–water partition coefficient (Wildman–Crippen LogP) is 3.27. The predicted molar refractivity (Wildman–Crippen MR) is 141 cm³/mol. The number of aliphatic imine (C=N–C) groups is 1. The number of nitrogens with zero attached hydrogens (tertiary/aromatic N) is 3. The summed E-state index contributed by atoms with van der Waals surface area (Å²) in [5, 5.41) is 6.87. The van der Waals surface area contributed by atoms with Crippen LogP contribution in [0.3, 0.4) is 0 Å². The van der Waals surface area contributed by atoms with Gasteiger partial charge in [0, 0.05) is 51.1 Å². The van der Waals surface area contributed by atoms with Crippen molar-refractivity contribution in [3.8, 4) is 0 Å². The first-order valence-electron chi connectivity index (χ1n) is 12.3. The summed E-state index contributed by atoms with van der Waals surface area (Å²) in [5.74, 6) is 1.65. The van der Waals surface area contributed by atoms with Gasteiger partial charge in [0.05, 0.1) is 6.54 Å². The first kappa shape index (κ1) is 25.8. The molecule has 4 rings (SSSR count). The van der Waals surface area contributed by atoms with Crippen molar-refractivity contribution in [1.29, 1.82) is 0 Å². The van der Waals surface area contributed by atoms with Crippen molar-refractivity contribution in [3.05, 3.63) is 35.4 Å². The number of carbonyl (C=O) groups excluding carboxylic acids is 2. The molecule has 1 saturated carbocycles. The summed E-state index contributed by atoms with van der Waals surface area (Å²) in [7, 11) is 0. The first-order chi connectivity index (χ1) is 15.6. The van der Waals surface area contributed by atoms with E-state index >= 15 is 0 Å². The monoisotopic (exact) mass is 567 g/mol. The molecule has 7 nitrogen and oxygen atoms in total. The molecule has 0 bridgehead atoms. The Balaban J connectivity index is 0.00000306. The molecule has 2 saturated heterocycles. The molecule has 0 spiro atoms. The van der Waals surface area contributed by atoms with Crippen molar-refractivity contribution in [1.82, 2.24) is 20.4 Å². The molecule has 3 aliphatic rings. The lowest BCUT2D eigenvalue weighted by atomic mass is 10.1. The van der Waals surface area contributed by atoms with Gasteiger partial charge in [-0.25, -0.2) is 4.99 Å². The Bertz CT molecular complexity index is 840. The van der Waals surface area contributed by atoms with Gasteiger partial charge in [0.25, 0.3) is 0 Å². The van der Waals surface area contributed by atoms with Crippen molar-refractivity contribution in [2.45, 2.75) is 71.0 Å². The maximum atomic E-state index is 12.7. The molecule has 3 fully saturated rings. The van der Waals surface area contributed by atoms with E-state index < -0.39 is 0 Å². The molecule has 8 heteroatoms. The highest BCUT2D eigenvalue weighted by atomic mass is 127. The van der Waals surface area contributed by atoms with Crippen LogP contribution in [0.2, 0.25) is 0 Å². The van der Waals surface area contributed by atoms with Gasteiger partial charge in [0.15, 0.2) is 5.96 Å². The van der Waals surface area contributed by atoms with Crippen LogP contribution in [0.4, 0.5) is 0 Å². The second-order valence-corrected chi connectivity index (χ2v) is 9.33. The van der Waals surface area contributed by atoms with Crippen LogP contribution in [0.15, 0.2) is 29.3 Å². The zero-order chi connectivity index (χ0) is 22.3. The van der Waals surface area contributed by atoms with Crippen LogP contribution in [-0.2, 0) is 22.7 Å². The van der Waals surface area contributed by atoms with Crippen LogP contribution < -0.4 is 10.6 Å². The number of likely N-dealkylation sites (tertiary alicyclic amines) is 2. The number of guanidine groups is 1. The third-order valence-electron chi connectivity index (χ3n) is 6.85. The highest BCUT2D eigenvalue weighted by Gasteiger charge is 2.32. The van der Waals surface area contributed by atoms with Gasteiger partial charge in [-0.05, 0) is 43.7 Å². The number of hydrogen-bond donors (Lipinski definition) is 2. The Labute approximate surface area is 214 Å². The van der Waals surface area contributed by atoms with E-state index in [1.54, 1.807) is 0 Å². The van der Waals surface area contributed by atoms with E-state index in [9.17, 15) is 9.59 Å². The van der Waals surface area contributed by atoms with Crippen LogP contribution in [-0.4, -0.2) is 59.8 Å². The van der Waals surface area contributed by atoms with Crippen molar-refractivity contribution >= 4 is 41.8 Å². The molecule has 2 heterocycles. The molecule has 1 aliphatic carbocycles. The van der Waals surface area contributed by atoms with Gasteiger partial charge in [0.1, 0.15) is 0 Å². The molecule has 1 unspecified atom stereocenters. The van der Waals surface area contributed by atoms with Crippen LogP contribution >= 0.6 is 24.0 Å². The largest absolute Gasteiger partial charge is 0.357 e. The number of hydrogen-bond acceptors (Lipinski definition) is 3. The Morgan fingerprint density at radius 3 is 2.64 bits per heavy atom. The number of nitrogens with one attached hydrogen (secondary N) is 2. The molecule has 2 aliphatic heterocycles. The van der Waals surface area contributed by atoms with Crippen molar-refractivity contribution in [2.24, 2.45) is 10.9 Å². The van der Waals surface area contributed by atoms with Gasteiger partial charge < -0.3 is 20.4 Å². The SMILES string of the molecule is CCNC(=NCc1cccc(CN2CCCC2=O)c1)NC1CCN(C(=O)C2CCCC2)C1.I. The number of amides is 2. The van der Waals surface area contributed by atoms with Crippen LogP contribution in [0, 0.1) is 5.92 Å². The molecule has 0 radical (unpaired) electrons. The second-order valence-electron chi connectivity index (χ2n) is 9.33. The van der Waals surface area contributed by atoms with Crippen LogP contribution in [0.1, 0.15) is 63.0 Å². The van der Waals surface area contributed by atoms with E-state index in [0.717, 1.165) is 68.9 Å². The lowest BCUT2D eigenvalue weighted by molar-refractivity contribution is -0.134. The third-order valence-corrected chi connectivity index (χ3v) is 6.85. The van der Waals surface area contributed by atoms with E-state index in [4.69, 9.17) is 4.99 Å². The Morgan fingerprint density at radius 1 is 1.12 bits per heavy atom. The molecule has 2 N–H and O–H groups in total. The van der Waals surface area contributed by atoms with E-state index in [2.05, 4.69) is 35.8 Å². The minimum Gasteiger partial charge on any atom is -0.357 e. The Morgan fingerprint density at radius 2 is 1.91 bits per heavy atom. The molecule has 182 valence electrons. The maximum Gasteiger partial charge on any atom is 0.225 e. The zero-order valence-electron chi connectivity index (χ0n) is 19.7. The van der Waals surface area contributed by atoms with Crippen molar-refractivity contribution in [3.63, 3.8) is 0 Å². The van der Waals surface area contributed by atoms with Gasteiger partial charge in [-0.3, -0.25) is 9.59 Å². The lowest BCUT2D eigenvalue weighted by Gasteiger charge is -2.21. The molecule has 0 aromatic heterocycles. The minimum atomic E-state index is 0. The van der Waals surface area contributed by atoms with E-state index in [1.807, 2.05) is 15.9 Å². The normalized spacial score (nSPS) is 21.4. The average Bonchev–Trinajstić information content (AvgIpc) is 3.56. The third kappa shape index (κ3) is 7.07. The number of halogens is 1. The first-order valence-corrected chi connectivity index (χ1v) is 12.3. The summed E-state index contributed by atoms with van der Waals surface area (Å²) in [6, 6.07) is 8.60. The van der Waals surface area contributed by atoms with Crippen molar-refractivity contribution in [2.75, 3.05) is 26.2 Å². The van der Waals surface area contributed by atoms with Crippen LogP contribution in [0.25, 0.3) is 0 Å². The topological polar surface area (TPSA) is 77.0 Å². The summed E-state index contributed by atoms with van der Waals surface area (Å²) in [6.45, 7) is 6.58. The molecular formula is C25H38IN5O2. The van der Waals surface area contributed by atoms with Gasteiger partial charge in [0.2, 0.25) is 11.8 Å². The summed E-state index contributed by atoms with van der Waals surface area (Å²) in [6.07, 6.45) is 7.10. The van der Waals surface area contributed by atoms with E-state index in [-0.39, 0.29) is 41.8 Å². The minimum absolute atomic E-state index is 0. The summed E-state index contributed by atoms with van der Waals surface area (Å²) in [4.78, 5) is 33.4. The number of rotatable bonds is 7. The molecular weight excluding hydrogens is 529 g/mol. The quantitative estimate of drug-likeness (QED) is 0.302. The van der Waals surface area contributed by atoms with Gasteiger partial charge in [-0.15, -0.1) is 24.0 Å². The number of carbonyl (C=O) groups is 2.